The Bertz CT molecular complexity index is 485. The summed E-state index contributed by atoms with van der Waals surface area (Å²) in [6.07, 6.45) is 0.734. The van der Waals surface area contributed by atoms with Gasteiger partial charge in [0.25, 0.3) is 0 Å². The molecule has 0 aliphatic carbocycles. The van der Waals surface area contributed by atoms with Crippen molar-refractivity contribution in [3.63, 3.8) is 0 Å². The average Bonchev–Trinajstić information content (AvgIpc) is 2.22. The van der Waals surface area contributed by atoms with Crippen LogP contribution in [0.5, 0.6) is 0 Å². The topological polar surface area (TPSA) is 63.2 Å². The summed E-state index contributed by atoms with van der Waals surface area (Å²) in [6.45, 7) is 1.53. The number of hydrogen-bond donors (Lipinski definition) is 1. The third-order valence-electron chi connectivity index (χ3n) is 1.99. The van der Waals surface area contributed by atoms with E-state index in [4.69, 9.17) is 0 Å². The van der Waals surface area contributed by atoms with Crippen molar-refractivity contribution in [1.82, 2.24) is 4.72 Å². The lowest BCUT2D eigenvalue weighted by Crippen LogP contribution is -2.25. The second kappa shape index (κ2) is 5.18. The third kappa shape index (κ3) is 3.11. The molecule has 1 aromatic carbocycles. The van der Waals surface area contributed by atoms with Crippen LogP contribution in [0, 0.1) is 12.7 Å². The molecular formula is C10H12FNO3S. The minimum atomic E-state index is -3.65. The number of aryl methyl sites for hydroxylation is 1. The van der Waals surface area contributed by atoms with Gasteiger partial charge in [-0.15, -0.1) is 0 Å². The molecular weight excluding hydrogens is 233 g/mol. The lowest BCUT2D eigenvalue weighted by atomic mass is 10.2. The molecule has 0 unspecified atom stereocenters. The maximum Gasteiger partial charge on any atom is 0.240 e. The van der Waals surface area contributed by atoms with Gasteiger partial charge in [0.15, 0.2) is 0 Å². The van der Waals surface area contributed by atoms with Gasteiger partial charge in [-0.2, -0.15) is 0 Å². The Morgan fingerprint density at radius 3 is 2.69 bits per heavy atom. The number of nitrogens with one attached hydrogen (secondary N) is 1. The molecule has 0 fully saturated rings. The third-order valence-corrected chi connectivity index (χ3v) is 3.45. The molecule has 1 rings (SSSR count). The summed E-state index contributed by atoms with van der Waals surface area (Å²) in [5, 5.41) is 0. The van der Waals surface area contributed by atoms with Crippen LogP contribution in [0.25, 0.3) is 0 Å². The number of benzene rings is 1. The van der Waals surface area contributed by atoms with Crippen molar-refractivity contribution in [3.05, 3.63) is 29.6 Å². The molecule has 0 spiro atoms. The van der Waals surface area contributed by atoms with Crippen LogP contribution in [0.3, 0.4) is 0 Å². The minimum Gasteiger partial charge on any atom is -0.303 e. The number of aldehydes is 1. The van der Waals surface area contributed by atoms with Crippen LogP contribution < -0.4 is 4.72 Å². The monoisotopic (exact) mass is 245 g/mol. The Labute approximate surface area is 93.5 Å². The van der Waals surface area contributed by atoms with E-state index in [1.165, 1.54) is 19.1 Å². The first-order chi connectivity index (χ1) is 7.47. The van der Waals surface area contributed by atoms with E-state index in [0.29, 0.717) is 6.29 Å². The molecule has 0 saturated carbocycles. The van der Waals surface area contributed by atoms with Gasteiger partial charge in [0.1, 0.15) is 12.1 Å². The van der Waals surface area contributed by atoms with Gasteiger partial charge in [0, 0.05) is 13.0 Å². The second-order valence-electron chi connectivity index (χ2n) is 3.26. The van der Waals surface area contributed by atoms with Crippen LogP contribution in [-0.4, -0.2) is 21.2 Å². The fraction of sp³-hybridized carbons (Fsp3) is 0.300. The molecule has 0 aliphatic rings. The van der Waals surface area contributed by atoms with Crippen molar-refractivity contribution in [2.75, 3.05) is 6.54 Å². The van der Waals surface area contributed by atoms with Gasteiger partial charge in [-0.05, 0) is 30.7 Å². The maximum atomic E-state index is 12.9. The molecule has 1 N–H and O–H groups in total. The summed E-state index contributed by atoms with van der Waals surface area (Å²) in [6, 6.07) is 3.54. The van der Waals surface area contributed by atoms with Crippen molar-refractivity contribution in [2.24, 2.45) is 0 Å². The average molecular weight is 245 g/mol. The molecule has 0 aromatic heterocycles. The van der Waals surface area contributed by atoms with Crippen molar-refractivity contribution < 1.29 is 17.6 Å². The largest absolute Gasteiger partial charge is 0.303 e. The molecule has 16 heavy (non-hydrogen) atoms. The minimum absolute atomic E-state index is 0.00250. The van der Waals surface area contributed by atoms with E-state index in [0.717, 1.165) is 6.07 Å². The smallest absolute Gasteiger partial charge is 0.240 e. The molecule has 0 bridgehead atoms. The van der Waals surface area contributed by atoms with Gasteiger partial charge in [-0.25, -0.2) is 17.5 Å². The van der Waals surface area contributed by atoms with E-state index in [2.05, 4.69) is 4.72 Å². The first kappa shape index (κ1) is 12.8. The number of halogens is 1. The summed E-state index contributed by atoms with van der Waals surface area (Å²) >= 11 is 0. The maximum absolute atomic E-state index is 12.9. The van der Waals surface area contributed by atoms with E-state index >= 15 is 0 Å². The molecule has 0 radical (unpaired) electrons. The lowest BCUT2D eigenvalue weighted by molar-refractivity contribution is -0.107. The summed E-state index contributed by atoms with van der Waals surface area (Å²) in [5.74, 6) is -0.452. The number of carbonyl (C=O) groups is 1. The van der Waals surface area contributed by atoms with Gasteiger partial charge in [0.05, 0.1) is 4.90 Å². The van der Waals surface area contributed by atoms with Gasteiger partial charge in [-0.3, -0.25) is 0 Å². The van der Waals surface area contributed by atoms with Crippen LogP contribution in [0.15, 0.2) is 23.1 Å². The van der Waals surface area contributed by atoms with Gasteiger partial charge in [0.2, 0.25) is 10.0 Å². The van der Waals surface area contributed by atoms with Gasteiger partial charge in [-0.1, -0.05) is 0 Å². The highest BCUT2D eigenvalue weighted by Gasteiger charge is 2.14. The molecule has 0 saturated heterocycles. The molecule has 88 valence electrons. The Balaban J connectivity index is 2.90. The summed E-state index contributed by atoms with van der Waals surface area (Å²) in [4.78, 5) is 10.0. The van der Waals surface area contributed by atoms with E-state index in [1.807, 2.05) is 0 Å². The van der Waals surface area contributed by atoms with E-state index in [-0.39, 0.29) is 23.4 Å². The van der Waals surface area contributed by atoms with Crippen LogP contribution in [0.1, 0.15) is 12.0 Å². The Kier molecular flexibility index (Phi) is 4.14. The van der Waals surface area contributed by atoms with E-state index in [9.17, 15) is 17.6 Å². The zero-order chi connectivity index (χ0) is 12.2. The standard InChI is InChI=1S/C10H12FNO3S/c1-8-7-9(3-4-10(8)11)16(14,15)12-5-2-6-13/h3-4,6-7,12H,2,5H2,1H3. The normalized spacial score (nSPS) is 11.4. The van der Waals surface area contributed by atoms with Gasteiger partial charge < -0.3 is 4.79 Å². The quantitative estimate of drug-likeness (QED) is 0.622. The number of sulfonamides is 1. The van der Waals surface area contributed by atoms with E-state index in [1.54, 1.807) is 0 Å². The fourth-order valence-corrected chi connectivity index (χ4v) is 2.25. The van der Waals surface area contributed by atoms with Crippen LogP contribution in [-0.2, 0) is 14.8 Å². The molecule has 4 nitrogen and oxygen atoms in total. The first-order valence-electron chi connectivity index (χ1n) is 4.67. The molecule has 0 amide bonds. The van der Waals surface area contributed by atoms with Crippen molar-refractivity contribution >= 4 is 16.3 Å². The summed E-state index contributed by atoms with van der Waals surface area (Å²) < 4.78 is 38.4. The predicted molar refractivity (Wildman–Crippen MR) is 57.0 cm³/mol. The van der Waals surface area contributed by atoms with Crippen LogP contribution >= 0.6 is 0 Å². The Morgan fingerprint density at radius 2 is 2.12 bits per heavy atom. The predicted octanol–water partition coefficient (Wildman–Crippen LogP) is 1.00. The van der Waals surface area contributed by atoms with E-state index < -0.39 is 15.8 Å². The zero-order valence-corrected chi connectivity index (χ0v) is 9.55. The Morgan fingerprint density at radius 1 is 1.44 bits per heavy atom. The Hall–Kier alpha value is -1.27. The van der Waals surface area contributed by atoms with Gasteiger partial charge >= 0.3 is 0 Å². The van der Waals surface area contributed by atoms with Crippen molar-refractivity contribution in [2.45, 2.75) is 18.2 Å². The van der Waals surface area contributed by atoms with Crippen molar-refractivity contribution in [1.29, 1.82) is 0 Å². The van der Waals surface area contributed by atoms with Crippen molar-refractivity contribution in [3.8, 4) is 0 Å². The summed E-state index contributed by atoms with van der Waals surface area (Å²) in [7, 11) is -3.65. The lowest BCUT2D eigenvalue weighted by Gasteiger charge is -2.06. The zero-order valence-electron chi connectivity index (χ0n) is 8.73. The molecule has 6 heteroatoms. The SMILES string of the molecule is Cc1cc(S(=O)(=O)NCCC=O)ccc1F. The fourth-order valence-electron chi connectivity index (χ4n) is 1.12. The highest BCUT2D eigenvalue weighted by Crippen LogP contribution is 2.13. The molecule has 0 aliphatic heterocycles. The second-order valence-corrected chi connectivity index (χ2v) is 5.03. The summed E-state index contributed by atoms with van der Waals surface area (Å²) in [5.41, 5.74) is 0.262. The molecule has 0 heterocycles. The molecule has 0 atom stereocenters. The molecule has 1 aromatic rings. The first-order valence-corrected chi connectivity index (χ1v) is 6.15. The van der Waals surface area contributed by atoms with Crippen LogP contribution in [0.4, 0.5) is 4.39 Å². The number of carbonyl (C=O) groups excluding carboxylic acids is 1. The number of rotatable bonds is 5. The highest BCUT2D eigenvalue weighted by atomic mass is 32.2. The number of hydrogen-bond acceptors (Lipinski definition) is 3. The highest BCUT2D eigenvalue weighted by molar-refractivity contribution is 7.89. The van der Waals surface area contributed by atoms with Crippen LogP contribution in [0.2, 0.25) is 0 Å².